The summed E-state index contributed by atoms with van der Waals surface area (Å²) in [5, 5.41) is 6.79. The van der Waals surface area contributed by atoms with Crippen LogP contribution in [0.3, 0.4) is 0 Å². The van der Waals surface area contributed by atoms with Gasteiger partial charge >= 0.3 is 0 Å². The highest BCUT2D eigenvalue weighted by atomic mass is 35.5. The summed E-state index contributed by atoms with van der Waals surface area (Å²) in [5.41, 5.74) is 1.43. The summed E-state index contributed by atoms with van der Waals surface area (Å²) in [6.45, 7) is 2.26. The Balaban J connectivity index is 1.54. The van der Waals surface area contributed by atoms with Gasteiger partial charge in [0.15, 0.2) is 0 Å². The van der Waals surface area contributed by atoms with Gasteiger partial charge in [0.2, 0.25) is 0 Å². The summed E-state index contributed by atoms with van der Waals surface area (Å²) in [6.07, 6.45) is 3.63. The number of benzene rings is 1. The molecule has 2 aromatic rings. The van der Waals surface area contributed by atoms with Crippen molar-refractivity contribution in [2.45, 2.75) is 44.2 Å². The lowest BCUT2D eigenvalue weighted by molar-refractivity contribution is 0.264. The van der Waals surface area contributed by atoms with E-state index in [9.17, 15) is 0 Å². The number of hydrogen-bond acceptors (Lipinski definition) is 2. The van der Waals surface area contributed by atoms with E-state index in [1.807, 2.05) is 23.5 Å². The van der Waals surface area contributed by atoms with E-state index in [4.69, 9.17) is 11.6 Å². The molecule has 1 aromatic heterocycles. The SMILES string of the molecule is CCC(NC1CC(c2ccc(Cl)cc2)C1)c1cccs1. The fourth-order valence-corrected chi connectivity index (χ4v) is 3.93. The van der Waals surface area contributed by atoms with Crippen LogP contribution in [-0.4, -0.2) is 6.04 Å². The van der Waals surface area contributed by atoms with Gasteiger partial charge in [-0.1, -0.05) is 36.7 Å². The Labute approximate surface area is 130 Å². The maximum atomic E-state index is 5.94. The molecule has 1 nitrogen and oxygen atoms in total. The lowest BCUT2D eigenvalue weighted by Crippen LogP contribution is -2.41. The summed E-state index contributed by atoms with van der Waals surface area (Å²) >= 11 is 7.79. The highest BCUT2D eigenvalue weighted by molar-refractivity contribution is 7.10. The van der Waals surface area contributed by atoms with Crippen molar-refractivity contribution in [1.82, 2.24) is 5.32 Å². The molecule has 0 amide bonds. The second kappa shape index (κ2) is 6.30. The third-order valence-electron chi connectivity index (χ3n) is 4.21. The van der Waals surface area contributed by atoms with Gasteiger partial charge < -0.3 is 5.32 Å². The fourth-order valence-electron chi connectivity index (χ4n) is 2.94. The van der Waals surface area contributed by atoms with E-state index >= 15 is 0 Å². The first-order valence-electron chi connectivity index (χ1n) is 7.31. The molecule has 106 valence electrons. The molecule has 1 fully saturated rings. The van der Waals surface area contributed by atoms with Crippen LogP contribution < -0.4 is 5.32 Å². The summed E-state index contributed by atoms with van der Waals surface area (Å²) in [6, 6.07) is 13.9. The molecule has 1 N–H and O–H groups in total. The van der Waals surface area contributed by atoms with Crippen molar-refractivity contribution in [3.63, 3.8) is 0 Å². The second-order valence-corrected chi connectivity index (χ2v) is 6.98. The highest BCUT2D eigenvalue weighted by Crippen LogP contribution is 2.38. The Hall–Kier alpha value is -0.830. The van der Waals surface area contributed by atoms with Crippen LogP contribution in [-0.2, 0) is 0 Å². The van der Waals surface area contributed by atoms with Crippen molar-refractivity contribution < 1.29 is 0 Å². The molecule has 3 heteroatoms. The van der Waals surface area contributed by atoms with E-state index in [0.717, 1.165) is 11.4 Å². The van der Waals surface area contributed by atoms with Crippen molar-refractivity contribution in [1.29, 1.82) is 0 Å². The van der Waals surface area contributed by atoms with Crippen molar-refractivity contribution in [3.05, 3.63) is 57.2 Å². The maximum Gasteiger partial charge on any atom is 0.0414 e. The van der Waals surface area contributed by atoms with Crippen LogP contribution >= 0.6 is 22.9 Å². The number of nitrogens with one attached hydrogen (secondary N) is 1. The Bertz CT molecular complexity index is 529. The Kier molecular flexibility index (Phi) is 4.45. The van der Waals surface area contributed by atoms with Crippen molar-refractivity contribution >= 4 is 22.9 Å². The van der Waals surface area contributed by atoms with Crippen LogP contribution in [0.15, 0.2) is 41.8 Å². The van der Waals surface area contributed by atoms with E-state index in [-0.39, 0.29) is 0 Å². The van der Waals surface area contributed by atoms with Crippen LogP contribution in [0.1, 0.15) is 48.6 Å². The molecular formula is C17H20ClNS. The van der Waals surface area contributed by atoms with Gasteiger partial charge in [-0.05, 0) is 54.3 Å². The predicted molar refractivity (Wildman–Crippen MR) is 87.7 cm³/mol. The Morgan fingerprint density at radius 3 is 2.60 bits per heavy atom. The van der Waals surface area contributed by atoms with E-state index in [0.29, 0.717) is 18.0 Å². The first-order valence-corrected chi connectivity index (χ1v) is 8.57. The molecule has 0 bridgehead atoms. The molecule has 1 aromatic carbocycles. The first-order chi connectivity index (χ1) is 9.76. The molecule has 1 saturated carbocycles. The molecule has 1 unspecified atom stereocenters. The number of thiophene rings is 1. The first kappa shape index (κ1) is 14.1. The van der Waals surface area contributed by atoms with Crippen LogP contribution in [0.2, 0.25) is 5.02 Å². The van der Waals surface area contributed by atoms with Gasteiger partial charge in [-0.25, -0.2) is 0 Å². The number of hydrogen-bond donors (Lipinski definition) is 1. The van der Waals surface area contributed by atoms with E-state index in [1.54, 1.807) is 0 Å². The van der Waals surface area contributed by atoms with Gasteiger partial charge in [0, 0.05) is 22.0 Å². The third kappa shape index (κ3) is 3.08. The third-order valence-corrected chi connectivity index (χ3v) is 5.45. The minimum atomic E-state index is 0.520. The van der Waals surface area contributed by atoms with Gasteiger partial charge in [0.05, 0.1) is 0 Å². The zero-order chi connectivity index (χ0) is 13.9. The molecule has 1 heterocycles. The normalized spacial score (nSPS) is 23.3. The molecule has 3 rings (SSSR count). The molecule has 0 aliphatic heterocycles. The average Bonchev–Trinajstić information content (AvgIpc) is 2.93. The summed E-state index contributed by atoms with van der Waals surface area (Å²) in [4.78, 5) is 1.46. The molecule has 0 spiro atoms. The molecule has 1 atom stereocenters. The largest absolute Gasteiger partial charge is 0.306 e. The Morgan fingerprint density at radius 1 is 1.25 bits per heavy atom. The van der Waals surface area contributed by atoms with Crippen LogP contribution in [0.25, 0.3) is 0 Å². The van der Waals surface area contributed by atoms with Crippen LogP contribution in [0.4, 0.5) is 0 Å². The van der Waals surface area contributed by atoms with Gasteiger partial charge in [-0.3, -0.25) is 0 Å². The number of rotatable bonds is 5. The molecule has 1 aliphatic rings. The zero-order valence-electron chi connectivity index (χ0n) is 11.7. The quantitative estimate of drug-likeness (QED) is 0.781. The molecule has 1 aliphatic carbocycles. The predicted octanol–water partition coefficient (Wildman–Crippen LogP) is 5.39. The average molecular weight is 306 g/mol. The molecule has 0 radical (unpaired) electrons. The van der Waals surface area contributed by atoms with Gasteiger partial charge in [0.1, 0.15) is 0 Å². The zero-order valence-corrected chi connectivity index (χ0v) is 13.3. The lowest BCUT2D eigenvalue weighted by Gasteiger charge is -2.38. The van der Waals surface area contributed by atoms with E-state index < -0.39 is 0 Å². The highest BCUT2D eigenvalue weighted by Gasteiger charge is 2.31. The summed E-state index contributed by atoms with van der Waals surface area (Å²) in [5.74, 6) is 0.700. The topological polar surface area (TPSA) is 12.0 Å². The second-order valence-electron chi connectivity index (χ2n) is 5.56. The van der Waals surface area contributed by atoms with Gasteiger partial charge in [0.25, 0.3) is 0 Å². The van der Waals surface area contributed by atoms with Crippen LogP contribution in [0, 0.1) is 0 Å². The summed E-state index contributed by atoms with van der Waals surface area (Å²) in [7, 11) is 0. The Morgan fingerprint density at radius 2 is 2.00 bits per heavy atom. The van der Waals surface area contributed by atoms with Crippen molar-refractivity contribution in [2.75, 3.05) is 0 Å². The molecule has 20 heavy (non-hydrogen) atoms. The fraction of sp³-hybridized carbons (Fsp3) is 0.412. The number of halogens is 1. The standard InChI is InChI=1S/C17H20ClNS/c1-2-16(17-4-3-9-20-17)19-15-10-13(11-15)12-5-7-14(18)8-6-12/h3-9,13,15-16,19H,2,10-11H2,1H3. The monoisotopic (exact) mass is 305 g/mol. The molecule has 0 saturated heterocycles. The van der Waals surface area contributed by atoms with E-state index in [2.05, 4.69) is 41.9 Å². The minimum absolute atomic E-state index is 0.520. The van der Waals surface area contributed by atoms with Crippen molar-refractivity contribution in [2.24, 2.45) is 0 Å². The van der Waals surface area contributed by atoms with Crippen molar-refractivity contribution in [3.8, 4) is 0 Å². The smallest absolute Gasteiger partial charge is 0.0414 e. The molecular weight excluding hydrogens is 286 g/mol. The van der Waals surface area contributed by atoms with Gasteiger partial charge in [-0.2, -0.15) is 0 Å². The van der Waals surface area contributed by atoms with Crippen LogP contribution in [0.5, 0.6) is 0 Å². The summed E-state index contributed by atoms with van der Waals surface area (Å²) < 4.78 is 0. The lowest BCUT2D eigenvalue weighted by atomic mass is 9.75. The maximum absolute atomic E-state index is 5.94. The van der Waals surface area contributed by atoms with Gasteiger partial charge in [-0.15, -0.1) is 11.3 Å². The minimum Gasteiger partial charge on any atom is -0.306 e. The van der Waals surface area contributed by atoms with E-state index in [1.165, 1.54) is 23.3 Å².